The van der Waals surface area contributed by atoms with Crippen molar-refractivity contribution in [1.82, 2.24) is 5.32 Å². The van der Waals surface area contributed by atoms with Crippen LogP contribution >= 0.6 is 11.8 Å². The molecule has 2 heterocycles. The largest absolute Gasteiger partial charge is 0.466 e. The number of amides is 1. The quantitative estimate of drug-likeness (QED) is 0.326. The summed E-state index contributed by atoms with van der Waals surface area (Å²) in [6.07, 6.45) is 2.67. The van der Waals surface area contributed by atoms with Gasteiger partial charge in [0.15, 0.2) is 5.17 Å². The second-order valence-corrected chi connectivity index (χ2v) is 6.59. The number of ether oxygens (including phenoxy) is 1. The molecule has 3 aromatic rings. The van der Waals surface area contributed by atoms with Crippen molar-refractivity contribution in [1.29, 1.82) is 0 Å². The number of nitrogens with zero attached hydrogens (tertiary/aromatic N) is 2. The molecular formula is C19H13N3O4S. The molecule has 1 amide bonds. The summed E-state index contributed by atoms with van der Waals surface area (Å²) in [7, 11) is 1.24. The van der Waals surface area contributed by atoms with E-state index in [9.17, 15) is 9.59 Å². The van der Waals surface area contributed by atoms with Gasteiger partial charge in [-0.2, -0.15) is 5.10 Å². The summed E-state index contributed by atoms with van der Waals surface area (Å²) >= 11 is 1.02. The summed E-state index contributed by atoms with van der Waals surface area (Å²) in [5.41, 5.74) is 2.29. The van der Waals surface area contributed by atoms with Gasteiger partial charge in [-0.3, -0.25) is 10.1 Å². The fourth-order valence-corrected chi connectivity index (χ4v) is 3.39. The average Bonchev–Trinajstić information content (AvgIpc) is 3.22. The Morgan fingerprint density at radius 3 is 2.85 bits per heavy atom. The molecule has 0 aliphatic carbocycles. The fraction of sp³-hybridized carbons (Fsp3) is 0.0526. The van der Waals surface area contributed by atoms with Crippen molar-refractivity contribution in [2.75, 3.05) is 7.11 Å². The van der Waals surface area contributed by atoms with Gasteiger partial charge in [0.2, 0.25) is 0 Å². The SMILES string of the molecule is COC(=O)/C=C1/S/C(=N\N=Cc2cccc3c2oc2ccccc23)NC1=O. The van der Waals surface area contributed by atoms with Crippen molar-refractivity contribution < 1.29 is 18.7 Å². The number of para-hydroxylation sites is 2. The lowest BCUT2D eigenvalue weighted by atomic mass is 10.1. The maximum absolute atomic E-state index is 11.8. The number of carbonyl (C=O) groups excluding carboxylic acids is 2. The molecule has 1 N–H and O–H groups in total. The third-order valence-corrected chi connectivity index (χ3v) is 4.78. The van der Waals surface area contributed by atoms with Crippen LogP contribution in [0.2, 0.25) is 0 Å². The first kappa shape index (κ1) is 17.0. The molecule has 134 valence electrons. The molecule has 4 rings (SSSR count). The van der Waals surface area contributed by atoms with Crippen LogP contribution in [-0.2, 0) is 14.3 Å². The third kappa shape index (κ3) is 3.34. The first-order valence-electron chi connectivity index (χ1n) is 7.96. The molecule has 1 aliphatic rings. The third-order valence-electron chi connectivity index (χ3n) is 3.88. The highest BCUT2D eigenvalue weighted by Gasteiger charge is 2.25. The number of amidine groups is 1. The maximum Gasteiger partial charge on any atom is 0.331 e. The topological polar surface area (TPSA) is 93.3 Å². The van der Waals surface area contributed by atoms with Crippen molar-refractivity contribution in [3.05, 3.63) is 59.0 Å². The zero-order valence-corrected chi connectivity index (χ0v) is 14.9. The molecule has 7 nitrogen and oxygen atoms in total. The monoisotopic (exact) mass is 379 g/mol. The van der Waals surface area contributed by atoms with Gasteiger partial charge < -0.3 is 9.15 Å². The Hall–Kier alpha value is -3.39. The van der Waals surface area contributed by atoms with Gasteiger partial charge in [-0.25, -0.2) is 4.79 Å². The first-order valence-corrected chi connectivity index (χ1v) is 8.77. The van der Waals surface area contributed by atoms with E-state index in [0.29, 0.717) is 0 Å². The van der Waals surface area contributed by atoms with Gasteiger partial charge in [-0.15, -0.1) is 5.10 Å². The number of thioether (sulfide) groups is 1. The van der Waals surface area contributed by atoms with E-state index in [1.54, 1.807) is 6.21 Å². The Balaban J connectivity index is 1.61. The molecule has 0 bridgehead atoms. The number of furan rings is 1. The molecule has 1 saturated heterocycles. The van der Waals surface area contributed by atoms with E-state index in [-0.39, 0.29) is 10.1 Å². The van der Waals surface area contributed by atoms with Gasteiger partial charge in [0.1, 0.15) is 11.2 Å². The van der Waals surface area contributed by atoms with Gasteiger partial charge in [0.25, 0.3) is 5.91 Å². The Kier molecular flexibility index (Phi) is 4.47. The number of hydrogen-bond donors (Lipinski definition) is 1. The summed E-state index contributed by atoms with van der Waals surface area (Å²) in [6.45, 7) is 0. The molecule has 2 aromatic carbocycles. The van der Waals surface area contributed by atoms with Gasteiger partial charge in [0.05, 0.1) is 18.2 Å². The molecule has 0 unspecified atom stereocenters. The van der Waals surface area contributed by atoms with E-state index < -0.39 is 11.9 Å². The summed E-state index contributed by atoms with van der Waals surface area (Å²) in [5.74, 6) is -1.02. The second-order valence-electron chi connectivity index (χ2n) is 5.56. The van der Waals surface area contributed by atoms with E-state index >= 15 is 0 Å². The molecule has 1 aromatic heterocycles. The maximum atomic E-state index is 11.8. The predicted octanol–water partition coefficient (Wildman–Crippen LogP) is 3.20. The van der Waals surface area contributed by atoms with E-state index in [4.69, 9.17) is 4.42 Å². The van der Waals surface area contributed by atoms with Crippen molar-refractivity contribution >= 4 is 57.0 Å². The smallest absolute Gasteiger partial charge is 0.331 e. The lowest BCUT2D eigenvalue weighted by Gasteiger charge is -1.94. The van der Waals surface area contributed by atoms with Crippen LogP contribution < -0.4 is 5.32 Å². The van der Waals surface area contributed by atoms with Crippen LogP contribution in [0.5, 0.6) is 0 Å². The Morgan fingerprint density at radius 1 is 1.19 bits per heavy atom. The number of rotatable bonds is 3. The van der Waals surface area contributed by atoms with Crippen LogP contribution in [0.3, 0.4) is 0 Å². The van der Waals surface area contributed by atoms with E-state index in [1.807, 2.05) is 42.5 Å². The van der Waals surface area contributed by atoms with Crippen molar-refractivity contribution in [3.8, 4) is 0 Å². The molecular weight excluding hydrogens is 366 g/mol. The van der Waals surface area contributed by atoms with Crippen LogP contribution in [-0.4, -0.2) is 30.4 Å². The molecule has 1 fully saturated rings. The number of hydrogen-bond acceptors (Lipinski definition) is 7. The minimum atomic E-state index is -0.603. The Bertz CT molecular complexity index is 1160. The molecule has 0 atom stereocenters. The van der Waals surface area contributed by atoms with Gasteiger partial charge in [-0.05, 0) is 23.9 Å². The normalized spacial score (nSPS) is 17.4. The molecule has 8 heteroatoms. The van der Waals surface area contributed by atoms with Crippen LogP contribution in [0, 0.1) is 0 Å². The van der Waals surface area contributed by atoms with E-state index in [2.05, 4.69) is 20.3 Å². The fourth-order valence-electron chi connectivity index (χ4n) is 2.66. The van der Waals surface area contributed by atoms with E-state index in [1.165, 1.54) is 7.11 Å². The molecule has 0 spiro atoms. The summed E-state index contributed by atoms with van der Waals surface area (Å²) in [5, 5.41) is 12.9. The van der Waals surface area contributed by atoms with E-state index in [0.717, 1.165) is 45.3 Å². The second kappa shape index (κ2) is 7.08. The molecule has 27 heavy (non-hydrogen) atoms. The number of carbonyl (C=O) groups is 2. The highest BCUT2D eigenvalue weighted by atomic mass is 32.2. The van der Waals surface area contributed by atoms with Crippen molar-refractivity contribution in [2.24, 2.45) is 10.2 Å². The lowest BCUT2D eigenvalue weighted by molar-refractivity contribution is -0.135. The number of esters is 1. The highest BCUT2D eigenvalue weighted by molar-refractivity contribution is 8.18. The summed E-state index contributed by atoms with van der Waals surface area (Å²) in [4.78, 5) is 23.2. The first-order chi connectivity index (χ1) is 13.2. The van der Waals surface area contributed by atoms with Gasteiger partial charge >= 0.3 is 5.97 Å². The zero-order valence-electron chi connectivity index (χ0n) is 14.1. The number of nitrogens with one attached hydrogen (secondary N) is 1. The van der Waals surface area contributed by atoms with Crippen LogP contribution in [0.4, 0.5) is 0 Å². The molecule has 0 saturated carbocycles. The minimum Gasteiger partial charge on any atom is -0.466 e. The average molecular weight is 379 g/mol. The lowest BCUT2D eigenvalue weighted by Crippen LogP contribution is -2.19. The summed E-state index contributed by atoms with van der Waals surface area (Å²) < 4.78 is 10.4. The minimum absolute atomic E-state index is 0.204. The van der Waals surface area contributed by atoms with Crippen molar-refractivity contribution in [2.45, 2.75) is 0 Å². The highest BCUT2D eigenvalue weighted by Crippen LogP contribution is 2.30. The Morgan fingerprint density at radius 2 is 2.00 bits per heavy atom. The van der Waals surface area contributed by atoms with Crippen molar-refractivity contribution in [3.63, 3.8) is 0 Å². The Labute approximate surface area is 157 Å². The van der Waals surface area contributed by atoms with Gasteiger partial charge in [0, 0.05) is 22.4 Å². The zero-order chi connectivity index (χ0) is 18.8. The molecule has 0 radical (unpaired) electrons. The number of fused-ring (bicyclic) bond motifs is 3. The van der Waals surface area contributed by atoms with Gasteiger partial charge in [-0.1, -0.05) is 30.3 Å². The van der Waals surface area contributed by atoms with Crippen LogP contribution in [0.15, 0.2) is 68.1 Å². The van der Waals surface area contributed by atoms with Crippen LogP contribution in [0.25, 0.3) is 21.9 Å². The summed E-state index contributed by atoms with van der Waals surface area (Å²) in [6, 6.07) is 13.6. The molecule has 1 aliphatic heterocycles. The number of benzene rings is 2. The predicted molar refractivity (Wildman–Crippen MR) is 105 cm³/mol. The standard InChI is InChI=1S/C19H13N3O4S/c1-25-16(23)9-15-18(24)21-19(27-15)22-20-10-11-5-4-7-13-12-6-2-3-8-14(12)26-17(11)13/h2-10H,1H3,(H,21,22,24)/b15-9+,20-10?. The number of methoxy groups -OCH3 is 1. The van der Waals surface area contributed by atoms with Crippen LogP contribution in [0.1, 0.15) is 5.56 Å².